The van der Waals surface area contributed by atoms with Gasteiger partial charge in [-0.15, -0.1) is 0 Å². The molecule has 0 aromatic carbocycles. The van der Waals surface area contributed by atoms with Crippen LogP contribution in [0.5, 0.6) is 0 Å². The Balaban J connectivity index is 1.08. The molecular formula is C41H73NO9. The fraction of sp³-hybridized carbons (Fsp3) is 1.00. The minimum atomic E-state index is -2.26. The van der Waals surface area contributed by atoms with Crippen molar-refractivity contribution in [1.29, 1.82) is 0 Å². The first kappa shape index (κ1) is 40.3. The Kier molecular flexibility index (Phi) is 10.8. The molecule has 10 heteroatoms. The summed E-state index contributed by atoms with van der Waals surface area (Å²) in [6.07, 6.45) is 3.36. The molecule has 6 aliphatic carbocycles. The Morgan fingerprint density at radius 3 is 1.94 bits per heavy atom. The molecular weight excluding hydrogens is 650 g/mol. The standard InChI is InChI=1S/C41H73NO9/c1-22(19-25(44)31(46)32(47)26(45)20-51-35-30(42)33(48)34(49)41(35,50)21-43)23-11-16-37(4)24(23)12-17-39(6)28(37)9-10-29-38(5)15-8-14-36(2,3)27(38)13-18-40(29,39)7/h22-35,43-50H,8-21,42H2,1-7H3/t22?,23-,24+,25?,26?,27-,28-,29+,30?,31?,32?,33?,34?,35?,37+,38+,39-,40-,41?/m1/s1. The van der Waals surface area contributed by atoms with Crippen LogP contribution in [0.1, 0.15) is 126 Å². The van der Waals surface area contributed by atoms with E-state index in [0.29, 0.717) is 39.4 Å². The van der Waals surface area contributed by atoms with Gasteiger partial charge in [-0.3, -0.25) is 0 Å². The van der Waals surface area contributed by atoms with Gasteiger partial charge in [-0.2, -0.15) is 0 Å². The van der Waals surface area contributed by atoms with E-state index in [1.54, 1.807) is 0 Å². The van der Waals surface area contributed by atoms with Gasteiger partial charge in [-0.1, -0.05) is 54.9 Å². The number of fused-ring (bicyclic) bond motifs is 7. The molecule has 0 aromatic rings. The molecule has 6 saturated carbocycles. The van der Waals surface area contributed by atoms with E-state index in [1.807, 2.05) is 0 Å². The van der Waals surface area contributed by atoms with Crippen molar-refractivity contribution in [2.75, 3.05) is 13.2 Å². The van der Waals surface area contributed by atoms with E-state index < -0.39 is 67.6 Å². The van der Waals surface area contributed by atoms with Crippen molar-refractivity contribution in [3.05, 3.63) is 0 Å². The van der Waals surface area contributed by atoms with Crippen molar-refractivity contribution in [2.45, 2.75) is 180 Å². The number of aliphatic hydroxyl groups is 8. The second-order valence-electron chi connectivity index (χ2n) is 20.6. The molecule has 10 unspecified atom stereocenters. The van der Waals surface area contributed by atoms with Crippen LogP contribution in [0.15, 0.2) is 0 Å². The Hall–Kier alpha value is -0.400. The molecule has 10 N–H and O–H groups in total. The van der Waals surface area contributed by atoms with Gasteiger partial charge in [0.15, 0.2) is 0 Å². The van der Waals surface area contributed by atoms with Gasteiger partial charge in [-0.25, -0.2) is 0 Å². The highest BCUT2D eigenvalue weighted by Crippen LogP contribution is 2.78. The zero-order valence-electron chi connectivity index (χ0n) is 32.5. The molecule has 0 amide bonds. The lowest BCUT2D eigenvalue weighted by Gasteiger charge is -2.73. The maximum Gasteiger partial charge on any atom is 0.144 e. The van der Waals surface area contributed by atoms with E-state index in [9.17, 15) is 40.9 Å². The third-order valence-corrected chi connectivity index (χ3v) is 18.0. The molecule has 296 valence electrons. The third-order valence-electron chi connectivity index (χ3n) is 18.0. The summed E-state index contributed by atoms with van der Waals surface area (Å²) in [6.45, 7) is 16.3. The average Bonchev–Trinajstić information content (AvgIpc) is 3.50. The molecule has 0 radical (unpaired) electrons. The Morgan fingerprint density at radius 1 is 0.725 bits per heavy atom. The summed E-state index contributed by atoms with van der Waals surface area (Å²) in [5.41, 5.74) is 5.35. The van der Waals surface area contributed by atoms with E-state index >= 15 is 0 Å². The van der Waals surface area contributed by atoms with E-state index in [2.05, 4.69) is 48.5 Å². The minimum Gasteiger partial charge on any atom is -0.393 e. The Labute approximate surface area is 306 Å². The maximum atomic E-state index is 11.2. The van der Waals surface area contributed by atoms with Crippen molar-refractivity contribution < 1.29 is 45.6 Å². The van der Waals surface area contributed by atoms with Crippen LogP contribution in [0.4, 0.5) is 0 Å². The van der Waals surface area contributed by atoms with E-state index in [1.165, 1.54) is 64.2 Å². The summed E-state index contributed by atoms with van der Waals surface area (Å²) >= 11 is 0. The number of nitrogens with two attached hydrogens (primary N) is 1. The van der Waals surface area contributed by atoms with Crippen molar-refractivity contribution in [2.24, 2.45) is 68.3 Å². The first-order valence-corrected chi connectivity index (χ1v) is 20.4. The van der Waals surface area contributed by atoms with Crippen LogP contribution in [0.25, 0.3) is 0 Å². The fourth-order valence-corrected chi connectivity index (χ4v) is 15.1. The molecule has 0 aliphatic heterocycles. The van der Waals surface area contributed by atoms with Crippen LogP contribution in [-0.2, 0) is 4.74 Å². The monoisotopic (exact) mass is 724 g/mol. The lowest BCUT2D eigenvalue weighted by atomic mass is 9.32. The highest BCUT2D eigenvalue weighted by molar-refractivity contribution is 5.19. The average molecular weight is 724 g/mol. The second-order valence-corrected chi connectivity index (χ2v) is 20.6. The molecule has 19 atom stereocenters. The molecule has 6 aliphatic rings. The summed E-state index contributed by atoms with van der Waals surface area (Å²) < 4.78 is 5.48. The molecule has 6 rings (SSSR count). The highest BCUT2D eigenvalue weighted by atomic mass is 16.5. The van der Waals surface area contributed by atoms with Crippen LogP contribution < -0.4 is 5.73 Å². The normalized spacial score (nSPS) is 52.1. The topological polar surface area (TPSA) is 197 Å². The van der Waals surface area contributed by atoms with Gasteiger partial charge in [0.05, 0.1) is 25.4 Å². The molecule has 10 nitrogen and oxygen atoms in total. The zero-order valence-corrected chi connectivity index (χ0v) is 32.5. The van der Waals surface area contributed by atoms with Gasteiger partial charge in [0, 0.05) is 0 Å². The van der Waals surface area contributed by atoms with Gasteiger partial charge in [0.2, 0.25) is 0 Å². The van der Waals surface area contributed by atoms with Crippen LogP contribution in [0.2, 0.25) is 0 Å². The SMILES string of the molecule is CC(CC(O)C(O)C(O)C(O)COC1C(N)C(O)C(O)C1(O)CO)[C@H]1CC[C@]2(C)[C@H]3CC[C@H]4[C@@]5(C)CCCC(C)(C)[C@H]5CC[C@@]4(C)[C@]3(C)CC[C@@H]12. The molecule has 0 bridgehead atoms. The van der Waals surface area contributed by atoms with E-state index in [-0.39, 0.29) is 17.8 Å². The fourth-order valence-electron chi connectivity index (χ4n) is 15.1. The predicted molar refractivity (Wildman–Crippen MR) is 194 cm³/mol. The summed E-state index contributed by atoms with van der Waals surface area (Å²) in [5.74, 6) is 3.32. The van der Waals surface area contributed by atoms with Gasteiger partial charge in [0.25, 0.3) is 0 Å². The van der Waals surface area contributed by atoms with Crippen molar-refractivity contribution in [3.63, 3.8) is 0 Å². The lowest BCUT2D eigenvalue weighted by Crippen LogP contribution is -2.65. The van der Waals surface area contributed by atoms with Crippen LogP contribution in [0.3, 0.4) is 0 Å². The molecule has 51 heavy (non-hydrogen) atoms. The summed E-state index contributed by atoms with van der Waals surface area (Å²) in [6, 6.07) is -1.26. The van der Waals surface area contributed by atoms with Gasteiger partial charge < -0.3 is 51.3 Å². The molecule has 0 saturated heterocycles. The number of hydrogen-bond donors (Lipinski definition) is 9. The zero-order chi connectivity index (χ0) is 37.7. The summed E-state index contributed by atoms with van der Waals surface area (Å²) in [5, 5.41) is 84.1. The van der Waals surface area contributed by atoms with Gasteiger partial charge >= 0.3 is 0 Å². The summed E-state index contributed by atoms with van der Waals surface area (Å²) in [4.78, 5) is 0. The molecule has 6 fully saturated rings. The summed E-state index contributed by atoms with van der Waals surface area (Å²) in [7, 11) is 0. The highest BCUT2D eigenvalue weighted by Gasteiger charge is 2.70. The number of hydrogen-bond acceptors (Lipinski definition) is 10. The van der Waals surface area contributed by atoms with Gasteiger partial charge in [0.1, 0.15) is 42.2 Å². The smallest absolute Gasteiger partial charge is 0.144 e. The Bertz CT molecular complexity index is 1250. The largest absolute Gasteiger partial charge is 0.393 e. The van der Waals surface area contributed by atoms with Crippen LogP contribution >= 0.6 is 0 Å². The first-order valence-electron chi connectivity index (χ1n) is 20.4. The number of rotatable bonds is 10. The minimum absolute atomic E-state index is 0.108. The number of aliphatic hydroxyl groups excluding tert-OH is 7. The van der Waals surface area contributed by atoms with E-state index in [4.69, 9.17) is 10.5 Å². The van der Waals surface area contributed by atoms with Crippen molar-refractivity contribution in [1.82, 2.24) is 0 Å². The maximum absolute atomic E-state index is 11.2. The van der Waals surface area contributed by atoms with E-state index in [0.717, 1.165) is 18.3 Å². The van der Waals surface area contributed by atoms with Crippen LogP contribution in [0, 0.1) is 62.6 Å². The molecule has 0 heterocycles. The molecule has 0 spiro atoms. The van der Waals surface area contributed by atoms with Crippen molar-refractivity contribution in [3.8, 4) is 0 Å². The van der Waals surface area contributed by atoms with Crippen molar-refractivity contribution >= 4 is 0 Å². The predicted octanol–water partition coefficient (Wildman–Crippen LogP) is 3.12. The number of ether oxygens (including phenoxy) is 1. The van der Waals surface area contributed by atoms with Crippen LogP contribution in [-0.4, -0.2) is 108 Å². The first-order chi connectivity index (χ1) is 23.6. The third kappa shape index (κ3) is 5.94. The lowest BCUT2D eigenvalue weighted by molar-refractivity contribution is -0.241. The van der Waals surface area contributed by atoms with Gasteiger partial charge in [-0.05, 0) is 133 Å². The quantitative estimate of drug-likeness (QED) is 0.162. The molecule has 0 aromatic heterocycles. The second kappa shape index (κ2) is 13.7. The Morgan fingerprint density at radius 2 is 1.31 bits per heavy atom.